The summed E-state index contributed by atoms with van der Waals surface area (Å²) >= 11 is 1.85. The van der Waals surface area contributed by atoms with Gasteiger partial charge in [0.25, 0.3) is 0 Å². The number of thioether (sulfide) groups is 1. The summed E-state index contributed by atoms with van der Waals surface area (Å²) in [5, 5.41) is 12.2. The number of hydrogen-bond donors (Lipinski definition) is 4. The van der Waals surface area contributed by atoms with Crippen LogP contribution in [0.15, 0.2) is 59.8 Å². The second-order valence-corrected chi connectivity index (χ2v) is 10.2. The summed E-state index contributed by atoms with van der Waals surface area (Å²) < 4.78 is 0. The molecule has 0 spiro atoms. The molecule has 0 aliphatic carbocycles. The van der Waals surface area contributed by atoms with Crippen LogP contribution in [0.25, 0.3) is 21.4 Å². The van der Waals surface area contributed by atoms with Crippen LogP contribution >= 0.6 is 11.8 Å². The van der Waals surface area contributed by atoms with E-state index < -0.39 is 0 Å². The summed E-state index contributed by atoms with van der Waals surface area (Å²) in [5.74, 6) is 1.15. The Morgan fingerprint density at radius 1 is 1.09 bits per heavy atom. The lowest BCUT2D eigenvalue weighted by molar-refractivity contribution is 0.542. The predicted octanol–water partition coefficient (Wildman–Crippen LogP) is 5.73. The highest BCUT2D eigenvalue weighted by atomic mass is 32.2. The van der Waals surface area contributed by atoms with Gasteiger partial charge in [0.1, 0.15) is 5.82 Å². The van der Waals surface area contributed by atoms with Crippen molar-refractivity contribution in [1.82, 2.24) is 20.9 Å². The molecule has 4 nitrogen and oxygen atoms in total. The molecule has 33 heavy (non-hydrogen) atoms. The molecule has 1 aromatic heterocycles. The highest BCUT2D eigenvalue weighted by Crippen LogP contribution is 2.44. The third kappa shape index (κ3) is 4.11. The molecule has 170 valence electrons. The number of aryl methyl sites for hydroxylation is 3. The van der Waals surface area contributed by atoms with Crippen molar-refractivity contribution in [3.05, 3.63) is 93.3 Å². The molecule has 2 aliphatic heterocycles. The van der Waals surface area contributed by atoms with E-state index in [1.165, 1.54) is 54.2 Å². The van der Waals surface area contributed by atoms with Crippen LogP contribution in [0, 0.1) is 20.8 Å². The third-order valence-corrected chi connectivity index (χ3v) is 7.95. The average molecular weight is 457 g/mol. The number of aromatic amines is 1. The molecule has 2 aromatic carbocycles. The van der Waals surface area contributed by atoms with E-state index in [2.05, 4.69) is 90.8 Å². The minimum Gasteiger partial charge on any atom is -0.371 e. The molecule has 1 unspecified atom stereocenters. The number of nitrogens with one attached hydrogen (secondary N) is 4. The maximum atomic E-state index is 4.04. The van der Waals surface area contributed by atoms with E-state index in [1.54, 1.807) is 0 Å². The van der Waals surface area contributed by atoms with Gasteiger partial charge in [-0.2, -0.15) is 0 Å². The molecule has 0 amide bonds. The molecule has 3 heterocycles. The van der Waals surface area contributed by atoms with Gasteiger partial charge in [-0.1, -0.05) is 60.3 Å². The number of hydrogen-bond acceptors (Lipinski definition) is 4. The Morgan fingerprint density at radius 3 is 2.61 bits per heavy atom. The van der Waals surface area contributed by atoms with Crippen LogP contribution in [0.2, 0.25) is 0 Å². The van der Waals surface area contributed by atoms with E-state index in [0.717, 1.165) is 31.0 Å². The van der Waals surface area contributed by atoms with Gasteiger partial charge in [0.2, 0.25) is 0 Å². The van der Waals surface area contributed by atoms with Crippen LogP contribution in [0.3, 0.4) is 0 Å². The smallest absolute Gasteiger partial charge is 0.112 e. The van der Waals surface area contributed by atoms with E-state index >= 15 is 0 Å². The van der Waals surface area contributed by atoms with Gasteiger partial charge in [-0.3, -0.25) is 5.32 Å². The fraction of sp³-hybridized carbons (Fsp3) is 0.286. The van der Waals surface area contributed by atoms with Gasteiger partial charge in [-0.25, -0.2) is 0 Å². The van der Waals surface area contributed by atoms with Crippen molar-refractivity contribution >= 4 is 33.1 Å². The molecule has 1 atom stereocenters. The maximum absolute atomic E-state index is 4.04. The first kappa shape index (κ1) is 21.9. The van der Waals surface area contributed by atoms with Gasteiger partial charge in [0.05, 0.1) is 17.6 Å². The van der Waals surface area contributed by atoms with Crippen LogP contribution in [0.5, 0.6) is 0 Å². The highest BCUT2D eigenvalue weighted by Gasteiger charge is 2.29. The molecule has 2 aliphatic rings. The minimum atomic E-state index is 0.259. The lowest BCUT2D eigenvalue weighted by atomic mass is 10.0. The van der Waals surface area contributed by atoms with Gasteiger partial charge >= 0.3 is 0 Å². The van der Waals surface area contributed by atoms with Crippen molar-refractivity contribution in [2.24, 2.45) is 0 Å². The van der Waals surface area contributed by atoms with Crippen LogP contribution < -0.4 is 16.0 Å². The fourth-order valence-electron chi connectivity index (χ4n) is 4.80. The Bertz CT molecular complexity index is 1290. The Hall–Kier alpha value is -2.89. The predicted molar refractivity (Wildman–Crippen MR) is 143 cm³/mol. The monoisotopic (exact) mass is 456 g/mol. The minimum absolute atomic E-state index is 0.259. The first-order valence-electron chi connectivity index (χ1n) is 11.6. The summed E-state index contributed by atoms with van der Waals surface area (Å²) in [6, 6.07) is 13.4. The van der Waals surface area contributed by atoms with E-state index in [9.17, 15) is 0 Å². The number of H-pyrrole nitrogens is 1. The summed E-state index contributed by atoms with van der Waals surface area (Å²) in [4.78, 5) is 6.24. The van der Waals surface area contributed by atoms with Gasteiger partial charge in [-0.05, 0) is 68.0 Å². The van der Waals surface area contributed by atoms with Crippen LogP contribution in [-0.4, -0.2) is 24.2 Å². The quantitative estimate of drug-likeness (QED) is 0.382. The van der Waals surface area contributed by atoms with Crippen molar-refractivity contribution in [1.29, 1.82) is 0 Å². The Kier molecular flexibility index (Phi) is 5.85. The van der Waals surface area contributed by atoms with Crippen molar-refractivity contribution < 1.29 is 0 Å². The molecule has 0 saturated carbocycles. The second-order valence-electron chi connectivity index (χ2n) is 9.12. The van der Waals surface area contributed by atoms with Crippen LogP contribution in [-0.2, 0) is 6.42 Å². The molecule has 0 saturated heterocycles. The molecule has 0 radical (unpaired) electrons. The zero-order chi connectivity index (χ0) is 23.1. The van der Waals surface area contributed by atoms with Crippen LogP contribution in [0.1, 0.15) is 40.4 Å². The van der Waals surface area contributed by atoms with E-state index in [0.29, 0.717) is 0 Å². The highest BCUT2D eigenvalue weighted by molar-refractivity contribution is 8.12. The average Bonchev–Trinajstić information content (AvgIpc) is 3.39. The normalized spacial score (nSPS) is 17.7. The first-order chi connectivity index (χ1) is 15.9. The number of allylic oxidation sites excluding steroid dienone is 1. The third-order valence-electron chi connectivity index (χ3n) is 6.68. The van der Waals surface area contributed by atoms with Gasteiger partial charge in [0, 0.05) is 28.0 Å². The standard InChI is InChI=1S/C28H32N4S/c1-16(2)20-8-10-21(11-9-20)24-14-23-27(33-24)28(31-15-30-23)29-13-12-22-19(5)32-26-18(4)7-6-17(3)25(22)26/h6-11,14,23,29-32H,1,12-13,15H2,2-5H3. The molecule has 0 fully saturated rings. The molecule has 0 bridgehead atoms. The lowest BCUT2D eigenvalue weighted by Crippen LogP contribution is -2.45. The van der Waals surface area contributed by atoms with Gasteiger partial charge in [0.15, 0.2) is 0 Å². The molecule has 3 aromatic rings. The largest absolute Gasteiger partial charge is 0.371 e. The van der Waals surface area contributed by atoms with Gasteiger partial charge < -0.3 is 15.6 Å². The van der Waals surface area contributed by atoms with Gasteiger partial charge in [-0.15, -0.1) is 0 Å². The second kappa shape index (κ2) is 8.81. The zero-order valence-corrected chi connectivity index (χ0v) is 20.7. The van der Waals surface area contributed by atoms with E-state index in [4.69, 9.17) is 0 Å². The molecular weight excluding hydrogens is 424 g/mol. The summed E-state index contributed by atoms with van der Waals surface area (Å²) in [7, 11) is 0. The van der Waals surface area contributed by atoms with Crippen molar-refractivity contribution in [3.8, 4) is 0 Å². The summed E-state index contributed by atoms with van der Waals surface area (Å²) in [5.41, 5.74) is 10.2. The fourth-order valence-corrected chi connectivity index (χ4v) is 6.02. The Morgan fingerprint density at radius 2 is 1.85 bits per heavy atom. The Labute approximate surface area is 200 Å². The lowest BCUT2D eigenvalue weighted by Gasteiger charge is -2.26. The number of aromatic nitrogens is 1. The molecular formula is C28H32N4S. The van der Waals surface area contributed by atoms with Crippen molar-refractivity contribution in [2.45, 2.75) is 40.2 Å². The molecule has 5 rings (SSSR count). The maximum Gasteiger partial charge on any atom is 0.112 e. The number of rotatable bonds is 6. The van der Waals surface area contributed by atoms with Crippen molar-refractivity contribution in [3.63, 3.8) is 0 Å². The summed E-state index contributed by atoms with van der Waals surface area (Å²) in [6.07, 6.45) is 3.33. The van der Waals surface area contributed by atoms with Crippen molar-refractivity contribution in [2.75, 3.05) is 13.2 Å². The topological polar surface area (TPSA) is 51.9 Å². The molecule has 4 N–H and O–H groups in total. The molecule has 5 heteroatoms. The SMILES string of the molecule is C=C(C)c1ccc(C2=CC3NCNC(NCCc4c(C)[nH]c5c(C)ccc(C)c45)=C3S2)cc1. The Balaban J connectivity index is 1.32. The van der Waals surface area contributed by atoms with Crippen LogP contribution in [0.4, 0.5) is 0 Å². The number of benzene rings is 2. The first-order valence-corrected chi connectivity index (χ1v) is 12.4. The number of fused-ring (bicyclic) bond motifs is 2. The van der Waals surface area contributed by atoms with E-state index in [-0.39, 0.29) is 6.04 Å². The summed E-state index contributed by atoms with van der Waals surface area (Å²) in [6.45, 7) is 14.3. The zero-order valence-electron chi connectivity index (χ0n) is 19.9. The van der Waals surface area contributed by atoms with E-state index in [1.807, 2.05) is 18.7 Å².